The van der Waals surface area contributed by atoms with Gasteiger partial charge in [-0.1, -0.05) is 0 Å². The number of thiazole rings is 1. The SMILES string of the molecule is O=C(C1CC1)N(Cc1csc(N2CCCCC2)n1)c1ccc(F)cc1. The number of piperidine rings is 1. The number of halogens is 1. The number of rotatable bonds is 5. The van der Waals surface area contributed by atoms with Crippen LogP contribution in [0.3, 0.4) is 0 Å². The molecule has 2 heterocycles. The van der Waals surface area contributed by atoms with E-state index in [4.69, 9.17) is 4.98 Å². The molecule has 2 aliphatic rings. The first-order valence-electron chi connectivity index (χ1n) is 8.97. The van der Waals surface area contributed by atoms with Crippen LogP contribution in [0.5, 0.6) is 0 Å². The molecule has 2 fully saturated rings. The van der Waals surface area contributed by atoms with Crippen LogP contribution < -0.4 is 9.80 Å². The molecule has 1 saturated carbocycles. The minimum absolute atomic E-state index is 0.116. The largest absolute Gasteiger partial charge is 0.348 e. The van der Waals surface area contributed by atoms with Gasteiger partial charge in [0.1, 0.15) is 5.82 Å². The summed E-state index contributed by atoms with van der Waals surface area (Å²) in [4.78, 5) is 21.5. The van der Waals surface area contributed by atoms with E-state index in [1.165, 1.54) is 31.4 Å². The lowest BCUT2D eigenvalue weighted by molar-refractivity contribution is -0.119. The summed E-state index contributed by atoms with van der Waals surface area (Å²) in [7, 11) is 0. The molecular weight excluding hydrogens is 337 g/mol. The number of anilines is 2. The van der Waals surface area contributed by atoms with E-state index in [0.29, 0.717) is 6.54 Å². The van der Waals surface area contributed by atoms with E-state index in [1.54, 1.807) is 28.4 Å². The third-order valence-electron chi connectivity index (χ3n) is 4.82. The molecule has 0 unspecified atom stereocenters. The Hall–Kier alpha value is -1.95. The fourth-order valence-corrected chi connectivity index (χ4v) is 4.10. The van der Waals surface area contributed by atoms with Crippen molar-refractivity contribution >= 4 is 28.1 Å². The van der Waals surface area contributed by atoms with Gasteiger partial charge in [-0.05, 0) is 56.4 Å². The molecule has 1 saturated heterocycles. The summed E-state index contributed by atoms with van der Waals surface area (Å²) in [6.07, 6.45) is 5.63. The molecule has 4 rings (SSSR count). The Balaban J connectivity index is 1.53. The minimum atomic E-state index is -0.288. The van der Waals surface area contributed by atoms with Gasteiger partial charge < -0.3 is 9.80 Å². The van der Waals surface area contributed by atoms with Gasteiger partial charge >= 0.3 is 0 Å². The van der Waals surface area contributed by atoms with E-state index in [0.717, 1.165) is 42.4 Å². The third-order valence-corrected chi connectivity index (χ3v) is 5.77. The number of carbonyl (C=O) groups excluding carboxylic acids is 1. The Bertz CT molecular complexity index is 735. The monoisotopic (exact) mass is 359 g/mol. The normalized spacial score (nSPS) is 17.6. The standard InChI is InChI=1S/C19H22FN3OS/c20-15-6-8-17(9-7-15)23(18(24)14-4-5-14)12-16-13-25-19(21-16)22-10-2-1-3-11-22/h6-9,13-14H,1-5,10-12H2. The van der Waals surface area contributed by atoms with Crippen molar-refractivity contribution in [2.24, 2.45) is 5.92 Å². The van der Waals surface area contributed by atoms with Gasteiger partial charge in [-0.2, -0.15) is 0 Å². The van der Waals surface area contributed by atoms with Gasteiger partial charge in [0, 0.05) is 30.1 Å². The fourth-order valence-electron chi connectivity index (χ4n) is 3.23. The smallest absolute Gasteiger partial charge is 0.230 e. The summed E-state index contributed by atoms with van der Waals surface area (Å²) in [5.41, 5.74) is 1.65. The van der Waals surface area contributed by atoms with Crippen molar-refractivity contribution in [1.29, 1.82) is 0 Å². The van der Waals surface area contributed by atoms with E-state index in [-0.39, 0.29) is 17.6 Å². The molecule has 0 atom stereocenters. The first kappa shape index (κ1) is 16.5. The number of amides is 1. The lowest BCUT2D eigenvalue weighted by atomic mass is 10.1. The third kappa shape index (κ3) is 3.84. The molecule has 0 spiro atoms. The molecule has 25 heavy (non-hydrogen) atoms. The summed E-state index contributed by atoms with van der Waals surface area (Å²) >= 11 is 1.65. The molecule has 6 heteroatoms. The lowest BCUT2D eigenvalue weighted by Crippen LogP contribution is -2.32. The quantitative estimate of drug-likeness (QED) is 0.802. The second kappa shape index (κ2) is 7.12. The molecule has 1 aliphatic carbocycles. The average molecular weight is 359 g/mol. The summed E-state index contributed by atoms with van der Waals surface area (Å²) in [5, 5.41) is 3.09. The highest BCUT2D eigenvalue weighted by molar-refractivity contribution is 7.13. The molecule has 4 nitrogen and oxygen atoms in total. The van der Waals surface area contributed by atoms with Crippen LogP contribution in [0.25, 0.3) is 0 Å². The summed E-state index contributed by atoms with van der Waals surface area (Å²) in [5.74, 6) is -0.0481. The molecule has 0 N–H and O–H groups in total. The van der Waals surface area contributed by atoms with Gasteiger partial charge in [-0.3, -0.25) is 4.79 Å². The predicted molar refractivity (Wildman–Crippen MR) is 98.5 cm³/mol. The number of benzene rings is 1. The Kier molecular flexibility index (Phi) is 4.70. The van der Waals surface area contributed by atoms with Crippen LogP contribution in [-0.4, -0.2) is 24.0 Å². The van der Waals surface area contributed by atoms with Gasteiger partial charge in [-0.25, -0.2) is 9.37 Å². The fraction of sp³-hybridized carbons (Fsp3) is 0.474. The van der Waals surface area contributed by atoms with Crippen molar-refractivity contribution < 1.29 is 9.18 Å². The maximum Gasteiger partial charge on any atom is 0.230 e. The number of hydrogen-bond acceptors (Lipinski definition) is 4. The van der Waals surface area contributed by atoms with Crippen molar-refractivity contribution in [2.45, 2.75) is 38.6 Å². The molecule has 132 valence electrons. The van der Waals surface area contributed by atoms with Crippen LogP contribution in [0.2, 0.25) is 0 Å². The van der Waals surface area contributed by atoms with Crippen molar-refractivity contribution in [3.05, 3.63) is 41.2 Å². The Labute approximate surface area is 151 Å². The second-order valence-electron chi connectivity index (χ2n) is 6.84. The number of aromatic nitrogens is 1. The van der Waals surface area contributed by atoms with Gasteiger partial charge in [0.15, 0.2) is 5.13 Å². The zero-order valence-corrected chi connectivity index (χ0v) is 15.0. The van der Waals surface area contributed by atoms with E-state index < -0.39 is 0 Å². The Morgan fingerprint density at radius 1 is 1.20 bits per heavy atom. The zero-order chi connectivity index (χ0) is 17.2. The first-order valence-corrected chi connectivity index (χ1v) is 9.85. The Morgan fingerprint density at radius 3 is 2.60 bits per heavy atom. The number of carbonyl (C=O) groups is 1. The molecule has 2 aromatic rings. The summed E-state index contributed by atoms with van der Waals surface area (Å²) in [6, 6.07) is 6.16. The van der Waals surface area contributed by atoms with Gasteiger partial charge in [-0.15, -0.1) is 11.3 Å². The highest BCUT2D eigenvalue weighted by Gasteiger charge is 2.34. The summed E-state index contributed by atoms with van der Waals surface area (Å²) < 4.78 is 13.2. The average Bonchev–Trinajstić information content (AvgIpc) is 3.39. The first-order chi connectivity index (χ1) is 12.2. The highest BCUT2D eigenvalue weighted by Crippen LogP contribution is 2.34. The van der Waals surface area contributed by atoms with Gasteiger partial charge in [0.25, 0.3) is 0 Å². The number of hydrogen-bond donors (Lipinski definition) is 0. The molecule has 1 aromatic heterocycles. The van der Waals surface area contributed by atoms with Crippen LogP contribution in [-0.2, 0) is 11.3 Å². The van der Waals surface area contributed by atoms with Crippen LogP contribution >= 0.6 is 11.3 Å². The van der Waals surface area contributed by atoms with E-state index in [9.17, 15) is 9.18 Å². The van der Waals surface area contributed by atoms with Gasteiger partial charge in [0.05, 0.1) is 12.2 Å². The van der Waals surface area contributed by atoms with E-state index in [2.05, 4.69) is 4.90 Å². The molecule has 0 bridgehead atoms. The van der Waals surface area contributed by atoms with Gasteiger partial charge in [0.2, 0.25) is 5.91 Å². The van der Waals surface area contributed by atoms with Crippen LogP contribution in [0.15, 0.2) is 29.6 Å². The van der Waals surface area contributed by atoms with E-state index >= 15 is 0 Å². The predicted octanol–water partition coefficient (Wildman–Crippen LogP) is 4.22. The zero-order valence-electron chi connectivity index (χ0n) is 14.2. The van der Waals surface area contributed by atoms with Crippen LogP contribution in [0.4, 0.5) is 15.2 Å². The molecule has 1 amide bonds. The minimum Gasteiger partial charge on any atom is -0.348 e. The highest BCUT2D eigenvalue weighted by atomic mass is 32.1. The maximum absolute atomic E-state index is 13.2. The lowest BCUT2D eigenvalue weighted by Gasteiger charge is -2.26. The Morgan fingerprint density at radius 2 is 1.92 bits per heavy atom. The molecule has 1 aromatic carbocycles. The second-order valence-corrected chi connectivity index (χ2v) is 7.68. The maximum atomic E-state index is 13.2. The summed E-state index contributed by atoms with van der Waals surface area (Å²) in [6.45, 7) is 2.58. The van der Waals surface area contributed by atoms with Crippen molar-refractivity contribution in [3.63, 3.8) is 0 Å². The van der Waals surface area contributed by atoms with Crippen molar-refractivity contribution in [1.82, 2.24) is 4.98 Å². The van der Waals surface area contributed by atoms with Crippen molar-refractivity contribution in [3.8, 4) is 0 Å². The van der Waals surface area contributed by atoms with E-state index in [1.807, 2.05) is 5.38 Å². The van der Waals surface area contributed by atoms with Crippen LogP contribution in [0, 0.1) is 11.7 Å². The topological polar surface area (TPSA) is 36.4 Å². The molecule has 0 radical (unpaired) electrons. The molecule has 1 aliphatic heterocycles. The molecular formula is C19H22FN3OS. The van der Waals surface area contributed by atoms with Crippen molar-refractivity contribution in [2.75, 3.05) is 22.9 Å². The van der Waals surface area contributed by atoms with Crippen LogP contribution in [0.1, 0.15) is 37.8 Å². The number of nitrogens with zero attached hydrogens (tertiary/aromatic N) is 3.